The van der Waals surface area contributed by atoms with Crippen molar-refractivity contribution in [1.29, 1.82) is 0 Å². The molecule has 0 saturated heterocycles. The van der Waals surface area contributed by atoms with Crippen molar-refractivity contribution in [1.82, 2.24) is 0 Å². The zero-order chi connectivity index (χ0) is 13.4. The van der Waals surface area contributed by atoms with Gasteiger partial charge in [0.05, 0.1) is 6.29 Å². The molecule has 0 radical (unpaired) electrons. The number of aromatic hydroxyl groups is 1. The molecule has 0 fully saturated rings. The van der Waals surface area contributed by atoms with Crippen LogP contribution >= 0.6 is 0 Å². The van der Waals surface area contributed by atoms with Gasteiger partial charge in [-0.25, -0.2) is 0 Å². The highest BCUT2D eigenvalue weighted by Gasteiger charge is 2.18. The molecule has 2 heteroatoms. The number of rotatable bonds is 2. The molecule has 0 heterocycles. The first kappa shape index (κ1) is 13.8. The Morgan fingerprint density at radius 1 is 1.29 bits per heavy atom. The van der Waals surface area contributed by atoms with E-state index in [1.165, 1.54) is 0 Å². The highest BCUT2D eigenvalue weighted by Crippen LogP contribution is 2.37. The van der Waals surface area contributed by atoms with Gasteiger partial charge in [0.25, 0.3) is 0 Å². The van der Waals surface area contributed by atoms with Gasteiger partial charge < -0.3 is 9.90 Å². The van der Waals surface area contributed by atoms with Crippen LogP contribution in [0.1, 0.15) is 62.8 Å². The van der Waals surface area contributed by atoms with Crippen LogP contribution < -0.4 is 0 Å². The fourth-order valence-electron chi connectivity index (χ4n) is 2.08. The van der Waals surface area contributed by atoms with E-state index in [1.807, 2.05) is 40.0 Å². The second kappa shape index (κ2) is 4.52. The topological polar surface area (TPSA) is 37.3 Å². The van der Waals surface area contributed by atoms with Gasteiger partial charge in [-0.05, 0) is 11.3 Å². The zero-order valence-electron chi connectivity index (χ0n) is 11.5. The monoisotopic (exact) mass is 233 g/mol. The number of hydrogen-bond acceptors (Lipinski definition) is 2. The Labute approximate surface area is 104 Å². The average Bonchev–Trinajstić information content (AvgIpc) is 2.15. The third-order valence-electron chi connectivity index (χ3n) is 3.13. The molecule has 1 rings (SSSR count). The molecule has 0 aliphatic carbocycles. The number of phenols is 1. The summed E-state index contributed by atoms with van der Waals surface area (Å²) in [5.74, 6) is 0.401. The molecule has 0 aliphatic heterocycles. The molecule has 0 bridgehead atoms. The molecule has 0 spiro atoms. The van der Waals surface area contributed by atoms with Gasteiger partial charge in [-0.15, -0.1) is 11.1 Å². The molecular formula is C15H21O2-. The SMILES string of the molecule is Cc1c(C(C)C)cc(C(C)(C)C)c(O)c1[C-]=O. The summed E-state index contributed by atoms with van der Waals surface area (Å²) in [4.78, 5) is 11.0. The van der Waals surface area contributed by atoms with Crippen LogP contribution in [0.5, 0.6) is 5.75 Å². The van der Waals surface area contributed by atoms with Crippen LogP contribution in [0.25, 0.3) is 0 Å². The Morgan fingerprint density at radius 3 is 2.18 bits per heavy atom. The van der Waals surface area contributed by atoms with Crippen molar-refractivity contribution < 1.29 is 9.90 Å². The lowest BCUT2D eigenvalue weighted by Crippen LogP contribution is -2.14. The van der Waals surface area contributed by atoms with Crippen molar-refractivity contribution in [2.24, 2.45) is 0 Å². The summed E-state index contributed by atoms with van der Waals surface area (Å²) in [5.41, 5.74) is 2.87. The van der Waals surface area contributed by atoms with E-state index >= 15 is 0 Å². The second-order valence-electron chi connectivity index (χ2n) is 5.87. The van der Waals surface area contributed by atoms with E-state index in [0.717, 1.165) is 16.7 Å². The summed E-state index contributed by atoms with van der Waals surface area (Å²) in [6, 6.07) is 2.01. The van der Waals surface area contributed by atoms with E-state index in [2.05, 4.69) is 13.8 Å². The van der Waals surface area contributed by atoms with Crippen LogP contribution in [-0.4, -0.2) is 11.4 Å². The molecule has 2 nitrogen and oxygen atoms in total. The fourth-order valence-corrected chi connectivity index (χ4v) is 2.08. The van der Waals surface area contributed by atoms with Gasteiger partial charge in [-0.3, -0.25) is 0 Å². The Bertz CT molecular complexity index is 437. The van der Waals surface area contributed by atoms with Gasteiger partial charge in [-0.2, -0.15) is 0 Å². The van der Waals surface area contributed by atoms with Crippen molar-refractivity contribution >= 4 is 6.29 Å². The summed E-state index contributed by atoms with van der Waals surface area (Å²) in [6.07, 6.45) is 1.87. The zero-order valence-corrected chi connectivity index (χ0v) is 11.5. The molecule has 1 N–H and O–H groups in total. The first-order chi connectivity index (χ1) is 7.70. The highest BCUT2D eigenvalue weighted by molar-refractivity contribution is 5.84. The van der Waals surface area contributed by atoms with Crippen molar-refractivity contribution in [2.75, 3.05) is 0 Å². The maximum Gasteiger partial charge on any atom is 0.0665 e. The summed E-state index contributed by atoms with van der Waals surface area (Å²) in [5, 5.41) is 10.1. The lowest BCUT2D eigenvalue weighted by atomic mass is 9.81. The average molecular weight is 233 g/mol. The molecule has 0 aromatic heterocycles. The number of hydrogen-bond donors (Lipinski definition) is 1. The predicted molar refractivity (Wildman–Crippen MR) is 70.4 cm³/mol. The number of phenolic OH excluding ortho intramolecular Hbond substituents is 1. The Balaban J connectivity index is 3.65. The maximum atomic E-state index is 11.0. The summed E-state index contributed by atoms with van der Waals surface area (Å²) < 4.78 is 0. The Morgan fingerprint density at radius 2 is 1.82 bits per heavy atom. The van der Waals surface area contributed by atoms with Crippen LogP contribution in [0.4, 0.5) is 0 Å². The minimum absolute atomic E-state index is 0.0781. The lowest BCUT2D eigenvalue weighted by molar-refractivity contribution is 0.443. The fraction of sp³-hybridized carbons (Fsp3) is 0.533. The molecular weight excluding hydrogens is 212 g/mol. The van der Waals surface area contributed by atoms with E-state index in [9.17, 15) is 9.90 Å². The standard InChI is InChI=1S/C15H21O2/c1-9(2)11-7-13(15(4,5)6)14(17)12(8-16)10(11)3/h7,9,17H,1-6H3/q-1. The van der Waals surface area contributed by atoms with Gasteiger partial charge >= 0.3 is 0 Å². The van der Waals surface area contributed by atoms with E-state index in [4.69, 9.17) is 0 Å². The Hall–Kier alpha value is -1.31. The number of carbonyl (C=O) groups excluding carboxylic acids is 1. The molecule has 94 valence electrons. The minimum Gasteiger partial charge on any atom is -0.565 e. The van der Waals surface area contributed by atoms with Crippen LogP contribution in [0, 0.1) is 6.92 Å². The summed E-state index contributed by atoms with van der Waals surface area (Å²) in [7, 11) is 0. The molecule has 1 aromatic carbocycles. The van der Waals surface area contributed by atoms with Gasteiger partial charge in [0.2, 0.25) is 0 Å². The molecule has 0 aliphatic rings. The van der Waals surface area contributed by atoms with Crippen LogP contribution in [0.2, 0.25) is 0 Å². The third kappa shape index (κ3) is 2.51. The molecule has 0 saturated carbocycles. The smallest absolute Gasteiger partial charge is 0.0665 e. The first-order valence-corrected chi connectivity index (χ1v) is 5.95. The van der Waals surface area contributed by atoms with Crippen molar-refractivity contribution in [3.05, 3.63) is 28.3 Å². The molecule has 0 unspecified atom stereocenters. The number of benzene rings is 1. The largest absolute Gasteiger partial charge is 0.565 e. The second-order valence-corrected chi connectivity index (χ2v) is 5.87. The Kier molecular flexibility index (Phi) is 3.65. The van der Waals surface area contributed by atoms with Crippen LogP contribution in [-0.2, 0) is 10.2 Å². The van der Waals surface area contributed by atoms with Gasteiger partial charge in [0.1, 0.15) is 0 Å². The minimum atomic E-state index is -0.187. The van der Waals surface area contributed by atoms with Gasteiger partial charge in [0, 0.05) is 5.75 Å². The van der Waals surface area contributed by atoms with Crippen molar-refractivity contribution in [3.8, 4) is 5.75 Å². The summed E-state index contributed by atoms with van der Waals surface area (Å²) in [6.45, 7) is 12.1. The molecule has 1 aromatic rings. The summed E-state index contributed by atoms with van der Waals surface area (Å²) >= 11 is 0. The van der Waals surface area contributed by atoms with Gasteiger partial charge in [-0.1, -0.05) is 58.7 Å². The van der Waals surface area contributed by atoms with Crippen LogP contribution in [0.15, 0.2) is 6.07 Å². The van der Waals surface area contributed by atoms with E-state index in [0.29, 0.717) is 11.5 Å². The molecule has 0 amide bonds. The van der Waals surface area contributed by atoms with E-state index < -0.39 is 0 Å². The predicted octanol–water partition coefficient (Wildman–Crippen LogP) is 3.58. The highest BCUT2D eigenvalue weighted by atomic mass is 16.3. The lowest BCUT2D eigenvalue weighted by Gasteiger charge is -2.30. The normalized spacial score (nSPS) is 11.9. The van der Waals surface area contributed by atoms with Crippen molar-refractivity contribution in [2.45, 2.75) is 52.9 Å². The van der Waals surface area contributed by atoms with Crippen LogP contribution in [0.3, 0.4) is 0 Å². The van der Waals surface area contributed by atoms with Gasteiger partial charge in [0.15, 0.2) is 0 Å². The third-order valence-corrected chi connectivity index (χ3v) is 3.13. The first-order valence-electron chi connectivity index (χ1n) is 5.95. The van der Waals surface area contributed by atoms with Crippen molar-refractivity contribution in [3.63, 3.8) is 0 Å². The molecule has 0 atom stereocenters. The van der Waals surface area contributed by atoms with E-state index in [1.54, 1.807) is 0 Å². The van der Waals surface area contributed by atoms with E-state index in [-0.39, 0.29) is 11.2 Å². The maximum absolute atomic E-state index is 11.0. The quantitative estimate of drug-likeness (QED) is 0.793. The molecule has 17 heavy (non-hydrogen) atoms.